The Balaban J connectivity index is 2.28. The van der Waals surface area contributed by atoms with Crippen molar-refractivity contribution in [2.45, 2.75) is 40.2 Å². The summed E-state index contributed by atoms with van der Waals surface area (Å²) >= 11 is 0. The van der Waals surface area contributed by atoms with Crippen molar-refractivity contribution in [2.24, 2.45) is 11.8 Å². The standard InChI is InChI=1S/C17H31N3/c1-14(2)12-18-13-15(3)16(4)20(5)11-9-17-8-6-7-10-19-17/h6-8,10,14-16,18H,9,11-13H2,1-5H3. The second kappa shape index (κ2) is 9.09. The molecule has 0 amide bonds. The Kier molecular flexibility index (Phi) is 7.78. The number of rotatable bonds is 9. The van der Waals surface area contributed by atoms with Crippen LogP contribution in [-0.4, -0.2) is 42.6 Å². The molecule has 0 aromatic carbocycles. The van der Waals surface area contributed by atoms with E-state index in [0.29, 0.717) is 12.0 Å². The third-order valence-electron chi connectivity index (χ3n) is 3.98. The molecule has 0 aliphatic heterocycles. The number of nitrogens with one attached hydrogen (secondary N) is 1. The fourth-order valence-electron chi connectivity index (χ4n) is 2.25. The van der Waals surface area contributed by atoms with Gasteiger partial charge >= 0.3 is 0 Å². The van der Waals surface area contributed by atoms with E-state index in [1.165, 1.54) is 5.69 Å². The molecule has 3 nitrogen and oxygen atoms in total. The highest BCUT2D eigenvalue weighted by Gasteiger charge is 2.16. The maximum Gasteiger partial charge on any atom is 0.0416 e. The van der Waals surface area contributed by atoms with Gasteiger partial charge in [-0.05, 0) is 51.0 Å². The lowest BCUT2D eigenvalue weighted by molar-refractivity contribution is 0.197. The molecule has 0 fully saturated rings. The van der Waals surface area contributed by atoms with Gasteiger partial charge in [0.2, 0.25) is 0 Å². The van der Waals surface area contributed by atoms with Gasteiger partial charge in [-0.15, -0.1) is 0 Å². The summed E-state index contributed by atoms with van der Waals surface area (Å²) in [5.41, 5.74) is 1.18. The number of pyridine rings is 1. The lowest BCUT2D eigenvalue weighted by Crippen LogP contribution is -2.40. The fraction of sp³-hybridized carbons (Fsp3) is 0.706. The van der Waals surface area contributed by atoms with Gasteiger partial charge in [-0.2, -0.15) is 0 Å². The normalized spacial score (nSPS) is 14.8. The van der Waals surface area contributed by atoms with Crippen LogP contribution in [0.4, 0.5) is 0 Å². The van der Waals surface area contributed by atoms with Gasteiger partial charge in [0.1, 0.15) is 0 Å². The number of aromatic nitrogens is 1. The largest absolute Gasteiger partial charge is 0.316 e. The molecule has 20 heavy (non-hydrogen) atoms. The Bertz CT molecular complexity index is 351. The third kappa shape index (κ3) is 6.49. The molecule has 2 unspecified atom stereocenters. The Morgan fingerprint density at radius 1 is 1.15 bits per heavy atom. The van der Waals surface area contributed by atoms with Gasteiger partial charge < -0.3 is 10.2 Å². The minimum absolute atomic E-state index is 0.582. The highest BCUT2D eigenvalue weighted by molar-refractivity contribution is 5.03. The van der Waals surface area contributed by atoms with Crippen LogP contribution in [-0.2, 0) is 6.42 Å². The first-order valence-corrected chi connectivity index (χ1v) is 7.81. The van der Waals surface area contributed by atoms with Crippen LogP contribution in [0.1, 0.15) is 33.4 Å². The van der Waals surface area contributed by atoms with E-state index in [0.717, 1.165) is 32.0 Å². The minimum atomic E-state index is 0.582. The molecule has 1 heterocycles. The zero-order chi connectivity index (χ0) is 15.0. The average Bonchev–Trinajstić information content (AvgIpc) is 2.44. The summed E-state index contributed by atoms with van der Waals surface area (Å²) in [6, 6.07) is 6.72. The van der Waals surface area contributed by atoms with Gasteiger partial charge in [0, 0.05) is 30.9 Å². The molecule has 0 aliphatic rings. The lowest BCUT2D eigenvalue weighted by Gasteiger charge is -2.30. The summed E-state index contributed by atoms with van der Waals surface area (Å²) in [5.74, 6) is 1.38. The quantitative estimate of drug-likeness (QED) is 0.752. The van der Waals surface area contributed by atoms with Crippen molar-refractivity contribution in [3.05, 3.63) is 30.1 Å². The predicted molar refractivity (Wildman–Crippen MR) is 86.9 cm³/mol. The highest BCUT2D eigenvalue weighted by Crippen LogP contribution is 2.09. The second-order valence-corrected chi connectivity index (χ2v) is 6.32. The highest BCUT2D eigenvalue weighted by atomic mass is 15.1. The van der Waals surface area contributed by atoms with Crippen molar-refractivity contribution in [1.82, 2.24) is 15.2 Å². The van der Waals surface area contributed by atoms with E-state index in [9.17, 15) is 0 Å². The third-order valence-corrected chi connectivity index (χ3v) is 3.98. The monoisotopic (exact) mass is 277 g/mol. The minimum Gasteiger partial charge on any atom is -0.316 e. The molecule has 3 heteroatoms. The number of nitrogens with zero attached hydrogens (tertiary/aromatic N) is 2. The van der Waals surface area contributed by atoms with Crippen LogP contribution in [0.2, 0.25) is 0 Å². The van der Waals surface area contributed by atoms with E-state index < -0.39 is 0 Å². The van der Waals surface area contributed by atoms with Gasteiger partial charge in [-0.25, -0.2) is 0 Å². The van der Waals surface area contributed by atoms with Gasteiger partial charge in [0.25, 0.3) is 0 Å². The van der Waals surface area contributed by atoms with E-state index in [2.05, 4.69) is 62.1 Å². The number of hydrogen-bond donors (Lipinski definition) is 1. The molecule has 1 rings (SSSR count). The first kappa shape index (κ1) is 17.1. The Labute approximate surface area is 124 Å². The molecule has 0 radical (unpaired) electrons. The predicted octanol–water partition coefficient (Wildman–Crippen LogP) is 2.83. The molecular formula is C17H31N3. The van der Waals surface area contributed by atoms with Gasteiger partial charge in [-0.3, -0.25) is 4.98 Å². The fourth-order valence-corrected chi connectivity index (χ4v) is 2.25. The Morgan fingerprint density at radius 2 is 1.90 bits per heavy atom. The van der Waals surface area contributed by atoms with Crippen molar-refractivity contribution >= 4 is 0 Å². The number of hydrogen-bond acceptors (Lipinski definition) is 3. The van der Waals surface area contributed by atoms with Crippen LogP contribution in [0.15, 0.2) is 24.4 Å². The zero-order valence-electron chi connectivity index (χ0n) is 13.8. The van der Waals surface area contributed by atoms with Gasteiger partial charge in [0.15, 0.2) is 0 Å². The van der Waals surface area contributed by atoms with Crippen molar-refractivity contribution in [3.63, 3.8) is 0 Å². The molecule has 0 saturated heterocycles. The van der Waals surface area contributed by atoms with Crippen molar-refractivity contribution in [3.8, 4) is 0 Å². The van der Waals surface area contributed by atoms with Crippen LogP contribution < -0.4 is 5.32 Å². The molecule has 0 spiro atoms. The maximum atomic E-state index is 4.38. The van der Waals surface area contributed by atoms with E-state index in [-0.39, 0.29) is 0 Å². The summed E-state index contributed by atoms with van der Waals surface area (Å²) in [7, 11) is 2.21. The molecule has 0 saturated carbocycles. The summed E-state index contributed by atoms with van der Waals surface area (Å²) in [6.45, 7) is 12.4. The first-order valence-electron chi connectivity index (χ1n) is 7.81. The van der Waals surface area contributed by atoms with Gasteiger partial charge in [-0.1, -0.05) is 26.8 Å². The molecule has 0 aliphatic carbocycles. The van der Waals surface area contributed by atoms with Crippen molar-refractivity contribution < 1.29 is 0 Å². The number of likely N-dealkylation sites (N-methyl/N-ethyl adjacent to an activating group) is 1. The summed E-state index contributed by atoms with van der Waals surface area (Å²) in [6.07, 6.45) is 2.89. The summed E-state index contributed by atoms with van der Waals surface area (Å²) < 4.78 is 0. The SMILES string of the molecule is CC(C)CNCC(C)C(C)N(C)CCc1ccccn1. The second-order valence-electron chi connectivity index (χ2n) is 6.32. The summed E-state index contributed by atoms with van der Waals surface area (Å²) in [4.78, 5) is 6.83. The van der Waals surface area contributed by atoms with Crippen LogP contribution in [0.25, 0.3) is 0 Å². The average molecular weight is 277 g/mol. The van der Waals surface area contributed by atoms with Crippen LogP contribution in [0.5, 0.6) is 0 Å². The van der Waals surface area contributed by atoms with Crippen LogP contribution in [0, 0.1) is 11.8 Å². The van der Waals surface area contributed by atoms with Crippen LogP contribution >= 0.6 is 0 Å². The van der Waals surface area contributed by atoms with E-state index in [1.807, 2.05) is 12.3 Å². The topological polar surface area (TPSA) is 28.2 Å². The lowest BCUT2D eigenvalue weighted by atomic mass is 10.0. The molecule has 1 N–H and O–H groups in total. The van der Waals surface area contributed by atoms with Crippen molar-refractivity contribution in [2.75, 3.05) is 26.7 Å². The molecule has 1 aromatic rings. The van der Waals surface area contributed by atoms with Crippen LogP contribution in [0.3, 0.4) is 0 Å². The Morgan fingerprint density at radius 3 is 2.50 bits per heavy atom. The summed E-state index contributed by atoms with van der Waals surface area (Å²) in [5, 5.41) is 3.56. The molecule has 0 bridgehead atoms. The zero-order valence-corrected chi connectivity index (χ0v) is 13.8. The van der Waals surface area contributed by atoms with Crippen molar-refractivity contribution in [1.29, 1.82) is 0 Å². The van der Waals surface area contributed by atoms with E-state index in [4.69, 9.17) is 0 Å². The first-order chi connectivity index (χ1) is 9.50. The molecule has 114 valence electrons. The molecular weight excluding hydrogens is 246 g/mol. The van der Waals surface area contributed by atoms with E-state index >= 15 is 0 Å². The molecule has 2 atom stereocenters. The Hall–Kier alpha value is -0.930. The maximum absolute atomic E-state index is 4.38. The van der Waals surface area contributed by atoms with Gasteiger partial charge in [0.05, 0.1) is 0 Å². The van der Waals surface area contributed by atoms with E-state index in [1.54, 1.807) is 0 Å². The molecule has 1 aromatic heterocycles. The smallest absolute Gasteiger partial charge is 0.0416 e.